The Hall–Kier alpha value is -3.82. The van der Waals surface area contributed by atoms with Crippen LogP contribution >= 0.6 is 0 Å². The molecule has 9 nitrogen and oxygen atoms in total. The van der Waals surface area contributed by atoms with Gasteiger partial charge in [-0.05, 0) is 49.4 Å². The second-order valence-corrected chi connectivity index (χ2v) is 8.51. The van der Waals surface area contributed by atoms with E-state index in [4.69, 9.17) is 9.84 Å². The lowest BCUT2D eigenvalue weighted by Gasteiger charge is -2.24. The van der Waals surface area contributed by atoms with Crippen LogP contribution in [-0.4, -0.2) is 73.8 Å². The van der Waals surface area contributed by atoms with E-state index in [-0.39, 0.29) is 11.9 Å². The fraction of sp³-hybridized carbons (Fsp3) is 0.280. The number of amides is 1. The van der Waals surface area contributed by atoms with Crippen LogP contribution < -0.4 is 4.74 Å². The predicted octanol–water partition coefficient (Wildman–Crippen LogP) is 2.84. The van der Waals surface area contributed by atoms with E-state index in [0.29, 0.717) is 24.7 Å². The Labute approximate surface area is 197 Å². The average Bonchev–Trinajstić information content (AvgIpc) is 3.57. The number of likely N-dealkylation sites (tertiary alicyclic amines) is 1. The van der Waals surface area contributed by atoms with Crippen molar-refractivity contribution in [1.82, 2.24) is 30.0 Å². The summed E-state index contributed by atoms with van der Waals surface area (Å²) in [5.74, 6) is 0.975. The molecule has 1 saturated heterocycles. The number of aliphatic hydroxyl groups is 1. The SMILES string of the molecule is CN(Cc1cnc2cc(Oc3ccc(-c4ccn[nH]4)cn3)ccc2c1)C1CCN(C(=O)CO)C1. The van der Waals surface area contributed by atoms with Gasteiger partial charge in [0.1, 0.15) is 12.4 Å². The van der Waals surface area contributed by atoms with Crippen LogP contribution in [0, 0.1) is 0 Å². The molecule has 1 fully saturated rings. The van der Waals surface area contributed by atoms with Gasteiger partial charge >= 0.3 is 0 Å². The van der Waals surface area contributed by atoms with Gasteiger partial charge in [0.2, 0.25) is 11.8 Å². The van der Waals surface area contributed by atoms with E-state index < -0.39 is 6.61 Å². The van der Waals surface area contributed by atoms with Gasteiger partial charge in [0.25, 0.3) is 0 Å². The number of rotatable bonds is 7. The highest BCUT2D eigenvalue weighted by Crippen LogP contribution is 2.26. The fourth-order valence-corrected chi connectivity index (χ4v) is 4.28. The van der Waals surface area contributed by atoms with Crippen molar-refractivity contribution in [3.05, 3.63) is 66.6 Å². The van der Waals surface area contributed by atoms with Crippen molar-refractivity contribution in [2.75, 3.05) is 26.7 Å². The molecule has 0 saturated carbocycles. The summed E-state index contributed by atoms with van der Waals surface area (Å²) < 4.78 is 5.92. The second-order valence-electron chi connectivity index (χ2n) is 8.51. The third-order valence-electron chi connectivity index (χ3n) is 6.19. The molecule has 1 unspecified atom stereocenters. The Morgan fingerprint density at radius 2 is 2.12 bits per heavy atom. The van der Waals surface area contributed by atoms with Crippen molar-refractivity contribution >= 4 is 16.8 Å². The third-order valence-corrected chi connectivity index (χ3v) is 6.19. The monoisotopic (exact) mass is 458 g/mol. The molecule has 0 radical (unpaired) electrons. The highest BCUT2D eigenvalue weighted by Gasteiger charge is 2.28. The van der Waals surface area contributed by atoms with Crippen LogP contribution in [0.5, 0.6) is 11.6 Å². The van der Waals surface area contributed by atoms with Crippen molar-refractivity contribution in [3.8, 4) is 22.9 Å². The molecule has 1 aliphatic rings. The number of fused-ring (bicyclic) bond motifs is 1. The lowest BCUT2D eigenvalue weighted by Crippen LogP contribution is -2.37. The lowest BCUT2D eigenvalue weighted by atomic mass is 10.1. The number of hydrogen-bond donors (Lipinski definition) is 2. The van der Waals surface area contributed by atoms with Gasteiger partial charge in [-0.15, -0.1) is 0 Å². The van der Waals surface area contributed by atoms with Crippen LogP contribution in [0.1, 0.15) is 12.0 Å². The van der Waals surface area contributed by atoms with Crippen molar-refractivity contribution in [3.63, 3.8) is 0 Å². The Morgan fingerprint density at radius 1 is 1.21 bits per heavy atom. The fourth-order valence-electron chi connectivity index (χ4n) is 4.28. The van der Waals surface area contributed by atoms with E-state index >= 15 is 0 Å². The number of H-pyrrole nitrogens is 1. The summed E-state index contributed by atoms with van der Waals surface area (Å²) in [5.41, 5.74) is 3.79. The molecule has 1 aliphatic heterocycles. The van der Waals surface area contributed by atoms with Gasteiger partial charge in [-0.2, -0.15) is 5.10 Å². The Kier molecular flexibility index (Phi) is 6.20. The van der Waals surface area contributed by atoms with Crippen LogP contribution in [-0.2, 0) is 11.3 Å². The molecule has 9 heteroatoms. The normalized spacial score (nSPS) is 15.9. The van der Waals surface area contributed by atoms with E-state index in [1.54, 1.807) is 17.3 Å². The molecular formula is C25H26N6O3. The summed E-state index contributed by atoms with van der Waals surface area (Å²) in [4.78, 5) is 24.7. The van der Waals surface area contributed by atoms with Gasteiger partial charge in [-0.25, -0.2) is 4.98 Å². The zero-order valence-corrected chi connectivity index (χ0v) is 18.9. The van der Waals surface area contributed by atoms with E-state index in [9.17, 15) is 4.79 Å². The quantitative estimate of drug-likeness (QED) is 0.438. The van der Waals surface area contributed by atoms with Gasteiger partial charge in [0, 0.05) is 67.3 Å². The summed E-state index contributed by atoms with van der Waals surface area (Å²) in [7, 11) is 2.06. The Morgan fingerprint density at radius 3 is 2.88 bits per heavy atom. The average molecular weight is 459 g/mol. The summed E-state index contributed by atoms with van der Waals surface area (Å²) in [6.45, 7) is 1.64. The maximum Gasteiger partial charge on any atom is 0.248 e. The minimum Gasteiger partial charge on any atom is -0.439 e. The molecule has 1 aromatic carbocycles. The molecule has 34 heavy (non-hydrogen) atoms. The van der Waals surface area contributed by atoms with Crippen LogP contribution in [0.25, 0.3) is 22.2 Å². The molecule has 1 amide bonds. The molecule has 0 bridgehead atoms. The first-order chi connectivity index (χ1) is 16.6. The predicted molar refractivity (Wildman–Crippen MR) is 127 cm³/mol. The number of aromatic nitrogens is 4. The van der Waals surface area contributed by atoms with Crippen molar-refractivity contribution in [2.45, 2.75) is 19.0 Å². The van der Waals surface area contributed by atoms with E-state index in [0.717, 1.165) is 40.7 Å². The number of hydrogen-bond acceptors (Lipinski definition) is 7. The molecule has 0 aliphatic carbocycles. The molecular weight excluding hydrogens is 432 g/mol. The Bertz CT molecular complexity index is 1280. The van der Waals surface area contributed by atoms with Crippen molar-refractivity contribution < 1.29 is 14.6 Å². The summed E-state index contributed by atoms with van der Waals surface area (Å²) >= 11 is 0. The molecule has 4 aromatic rings. The van der Waals surface area contributed by atoms with Crippen LogP contribution in [0.4, 0.5) is 0 Å². The first kappa shape index (κ1) is 22.0. The maximum atomic E-state index is 11.7. The largest absolute Gasteiger partial charge is 0.439 e. The number of nitrogens with zero attached hydrogens (tertiary/aromatic N) is 5. The Balaban J connectivity index is 1.23. The number of carbonyl (C=O) groups is 1. The molecule has 0 spiro atoms. The van der Waals surface area contributed by atoms with Gasteiger partial charge in [-0.1, -0.05) is 0 Å². The van der Waals surface area contributed by atoms with E-state index in [1.165, 1.54) is 0 Å². The zero-order chi connectivity index (χ0) is 23.5. The van der Waals surface area contributed by atoms with Crippen LogP contribution in [0.3, 0.4) is 0 Å². The molecule has 3 aromatic heterocycles. The summed E-state index contributed by atoms with van der Waals surface area (Å²) in [6.07, 6.45) is 6.23. The first-order valence-corrected chi connectivity index (χ1v) is 11.2. The van der Waals surface area contributed by atoms with Crippen molar-refractivity contribution in [2.24, 2.45) is 0 Å². The number of nitrogens with one attached hydrogen (secondary N) is 1. The minimum atomic E-state index is -0.427. The third kappa shape index (κ3) is 4.75. The first-order valence-electron chi connectivity index (χ1n) is 11.2. The van der Waals surface area contributed by atoms with Crippen LogP contribution in [0.2, 0.25) is 0 Å². The maximum absolute atomic E-state index is 11.7. The second kappa shape index (κ2) is 9.58. The zero-order valence-electron chi connectivity index (χ0n) is 18.9. The van der Waals surface area contributed by atoms with Gasteiger partial charge in [0.05, 0.1) is 11.2 Å². The number of ether oxygens (including phenoxy) is 1. The number of benzene rings is 1. The van der Waals surface area contributed by atoms with E-state index in [1.807, 2.05) is 42.6 Å². The molecule has 174 valence electrons. The highest BCUT2D eigenvalue weighted by atomic mass is 16.5. The van der Waals surface area contributed by atoms with Gasteiger partial charge < -0.3 is 14.7 Å². The van der Waals surface area contributed by atoms with Crippen LogP contribution in [0.15, 0.2) is 61.1 Å². The van der Waals surface area contributed by atoms with Crippen molar-refractivity contribution in [1.29, 1.82) is 0 Å². The number of likely N-dealkylation sites (N-methyl/N-ethyl adjacent to an activating group) is 1. The number of aromatic amines is 1. The summed E-state index contributed by atoms with van der Waals surface area (Å²) in [6, 6.07) is 13.9. The minimum absolute atomic E-state index is 0.203. The smallest absolute Gasteiger partial charge is 0.248 e. The van der Waals surface area contributed by atoms with E-state index in [2.05, 4.69) is 38.2 Å². The van der Waals surface area contributed by atoms with Gasteiger partial charge in [0.15, 0.2) is 0 Å². The van der Waals surface area contributed by atoms with Gasteiger partial charge in [-0.3, -0.25) is 19.8 Å². The summed E-state index contributed by atoms with van der Waals surface area (Å²) in [5, 5.41) is 17.0. The highest BCUT2D eigenvalue weighted by molar-refractivity contribution is 5.80. The lowest BCUT2D eigenvalue weighted by molar-refractivity contribution is -0.133. The number of aliphatic hydroxyl groups excluding tert-OH is 1. The topological polar surface area (TPSA) is 107 Å². The molecule has 1 atom stereocenters. The number of pyridine rings is 2. The standard InChI is InChI=1S/C25H26N6O3/c1-30(20-7-9-31(15-20)25(33)16-32)14-17-10-18-2-4-21(11-23(18)26-12-17)34-24-5-3-19(13-27-24)22-6-8-28-29-22/h2-6,8,10-13,20,32H,7,9,14-16H2,1H3,(H,28,29). The molecule has 4 heterocycles. The number of carbonyl (C=O) groups excluding carboxylic acids is 1. The molecule has 5 rings (SSSR count). The molecule has 2 N–H and O–H groups in total.